The Morgan fingerprint density at radius 2 is 2.22 bits per heavy atom. The zero-order valence-corrected chi connectivity index (χ0v) is 6.37. The third-order valence-electron chi connectivity index (χ3n) is 0.569. The van der Waals surface area contributed by atoms with Gasteiger partial charge in [0.2, 0.25) is 0 Å². The molecule has 0 N–H and O–H groups in total. The van der Waals surface area contributed by atoms with E-state index in [0.717, 1.165) is 6.08 Å². The summed E-state index contributed by atoms with van der Waals surface area (Å²) in [5.41, 5.74) is 0. The minimum Gasteiger partial charge on any atom is -0.748 e. The Hall–Kier alpha value is -0.0600. The van der Waals surface area contributed by atoms with Crippen molar-refractivity contribution < 1.29 is 13.0 Å². The van der Waals surface area contributed by atoms with Crippen LogP contribution in [-0.4, -0.2) is 18.7 Å². The van der Waals surface area contributed by atoms with E-state index in [0.29, 0.717) is 5.03 Å². The summed E-state index contributed by atoms with van der Waals surface area (Å²) in [5, 5.41) is 0.314. The first-order valence-corrected chi connectivity index (χ1v) is 4.13. The zero-order valence-electron chi connectivity index (χ0n) is 4.80. The van der Waals surface area contributed by atoms with Crippen molar-refractivity contribution in [3.8, 4) is 0 Å². The van der Waals surface area contributed by atoms with Crippen molar-refractivity contribution in [1.82, 2.24) is 0 Å². The second kappa shape index (κ2) is 3.20. The second-order valence-electron chi connectivity index (χ2n) is 1.52. The van der Waals surface area contributed by atoms with Crippen LogP contribution in [0.5, 0.6) is 0 Å². The van der Waals surface area contributed by atoms with Crippen LogP contribution in [0, 0.1) is 0 Å². The normalized spacial score (nSPS) is 13.9. The largest absolute Gasteiger partial charge is 0.748 e. The van der Waals surface area contributed by atoms with Crippen LogP contribution in [-0.2, 0) is 10.1 Å². The third-order valence-corrected chi connectivity index (χ3v) is 1.30. The molecule has 0 spiro atoms. The molecule has 3 nitrogen and oxygen atoms in total. The van der Waals surface area contributed by atoms with Gasteiger partial charge in [0, 0.05) is 5.03 Å². The predicted molar refractivity (Wildman–Crippen MR) is 34.2 cm³/mol. The van der Waals surface area contributed by atoms with Gasteiger partial charge in [0.1, 0.15) is 0 Å². The van der Waals surface area contributed by atoms with Gasteiger partial charge in [-0.3, -0.25) is 0 Å². The highest BCUT2D eigenvalue weighted by molar-refractivity contribution is 7.85. The lowest BCUT2D eigenvalue weighted by atomic mass is 10.6. The van der Waals surface area contributed by atoms with Crippen molar-refractivity contribution in [2.24, 2.45) is 0 Å². The van der Waals surface area contributed by atoms with Crippen LogP contribution in [0.15, 0.2) is 11.1 Å². The first kappa shape index (κ1) is 8.94. The molecule has 0 rings (SSSR count). The molecule has 0 aromatic heterocycles. The van der Waals surface area contributed by atoms with Gasteiger partial charge < -0.3 is 4.55 Å². The number of hydrogen-bond donors (Lipinski definition) is 0. The minimum absolute atomic E-state index is 0.314. The monoisotopic (exact) mass is 169 g/mol. The Morgan fingerprint density at radius 3 is 2.33 bits per heavy atom. The highest BCUT2D eigenvalue weighted by Gasteiger charge is 1.88. The van der Waals surface area contributed by atoms with Crippen LogP contribution < -0.4 is 0 Å². The van der Waals surface area contributed by atoms with Gasteiger partial charge in [-0.1, -0.05) is 17.7 Å². The topological polar surface area (TPSA) is 57.2 Å². The Balaban J connectivity index is 3.95. The van der Waals surface area contributed by atoms with Crippen molar-refractivity contribution >= 4 is 21.7 Å². The highest BCUT2D eigenvalue weighted by Crippen LogP contribution is 1.97. The minimum atomic E-state index is -4.13. The summed E-state index contributed by atoms with van der Waals surface area (Å²) in [5.74, 6) is -0.525. The van der Waals surface area contributed by atoms with Crippen LogP contribution >= 0.6 is 11.6 Å². The summed E-state index contributed by atoms with van der Waals surface area (Å²) < 4.78 is 29.6. The van der Waals surface area contributed by atoms with E-state index in [1.807, 2.05) is 0 Å². The molecule has 0 aliphatic heterocycles. The summed E-state index contributed by atoms with van der Waals surface area (Å²) in [6.07, 6.45) is 1.16. The zero-order chi connectivity index (χ0) is 7.49. The molecule has 0 atom stereocenters. The first-order chi connectivity index (χ1) is 3.92. The lowest BCUT2D eigenvalue weighted by Gasteiger charge is -2.00. The summed E-state index contributed by atoms with van der Waals surface area (Å²) in [6, 6.07) is 0. The van der Waals surface area contributed by atoms with Crippen molar-refractivity contribution in [2.75, 3.05) is 5.75 Å². The van der Waals surface area contributed by atoms with E-state index >= 15 is 0 Å². The summed E-state index contributed by atoms with van der Waals surface area (Å²) in [6.45, 7) is 1.51. The smallest absolute Gasteiger partial charge is 0.0982 e. The Bertz CT molecular complexity index is 200. The van der Waals surface area contributed by atoms with Crippen molar-refractivity contribution in [2.45, 2.75) is 6.92 Å². The molecular weight excluding hydrogens is 164 g/mol. The molecule has 0 aromatic carbocycles. The van der Waals surface area contributed by atoms with Gasteiger partial charge in [-0.05, 0) is 6.92 Å². The molecule has 0 aliphatic rings. The van der Waals surface area contributed by atoms with Crippen LogP contribution in [0.1, 0.15) is 6.92 Å². The standard InChI is InChI=1S/C4H7ClO3S/c1-4(5)2-3-9(6,7)8/h2H,3H2,1H3,(H,6,7,8)/p-1/b4-2-. The SMILES string of the molecule is C/C(Cl)=C/CS(=O)(=O)[O-]. The first-order valence-electron chi connectivity index (χ1n) is 2.17. The van der Waals surface area contributed by atoms with E-state index in [9.17, 15) is 13.0 Å². The number of allylic oxidation sites excluding steroid dienone is 1. The van der Waals surface area contributed by atoms with Gasteiger partial charge in [-0.2, -0.15) is 0 Å². The summed E-state index contributed by atoms with van der Waals surface area (Å²) in [4.78, 5) is 0. The van der Waals surface area contributed by atoms with E-state index in [4.69, 9.17) is 11.6 Å². The lowest BCUT2D eigenvalue weighted by Crippen LogP contribution is -2.00. The summed E-state index contributed by atoms with van der Waals surface area (Å²) in [7, 11) is -4.13. The average Bonchev–Trinajstić information content (AvgIpc) is 1.59. The Labute approximate surface area is 59.1 Å². The molecule has 0 saturated carbocycles. The maximum absolute atomic E-state index is 9.88. The molecule has 5 heteroatoms. The molecule has 9 heavy (non-hydrogen) atoms. The Kier molecular flexibility index (Phi) is 3.17. The molecule has 54 valence electrons. The van der Waals surface area contributed by atoms with Gasteiger partial charge in [0.15, 0.2) is 0 Å². The number of rotatable bonds is 2. The van der Waals surface area contributed by atoms with Crippen LogP contribution in [0.2, 0.25) is 0 Å². The van der Waals surface area contributed by atoms with Crippen molar-refractivity contribution in [3.63, 3.8) is 0 Å². The molecule has 0 heterocycles. The molecule has 0 aromatic rings. The molecular formula is C4H6ClO3S-. The molecule has 0 aliphatic carbocycles. The molecule has 0 fully saturated rings. The van der Waals surface area contributed by atoms with Crippen molar-refractivity contribution in [1.29, 1.82) is 0 Å². The van der Waals surface area contributed by atoms with Crippen LogP contribution in [0.4, 0.5) is 0 Å². The molecule has 0 saturated heterocycles. The fraction of sp³-hybridized carbons (Fsp3) is 0.500. The predicted octanol–water partition coefficient (Wildman–Crippen LogP) is 0.674. The van der Waals surface area contributed by atoms with E-state index in [1.54, 1.807) is 0 Å². The van der Waals surface area contributed by atoms with E-state index in [2.05, 4.69) is 0 Å². The van der Waals surface area contributed by atoms with Gasteiger partial charge in [-0.25, -0.2) is 8.42 Å². The van der Waals surface area contributed by atoms with E-state index < -0.39 is 15.9 Å². The fourth-order valence-corrected chi connectivity index (χ4v) is 0.840. The van der Waals surface area contributed by atoms with Crippen LogP contribution in [0.3, 0.4) is 0 Å². The highest BCUT2D eigenvalue weighted by atomic mass is 35.5. The second-order valence-corrected chi connectivity index (χ2v) is 3.56. The molecule has 0 radical (unpaired) electrons. The van der Waals surface area contributed by atoms with Gasteiger partial charge >= 0.3 is 0 Å². The van der Waals surface area contributed by atoms with E-state index in [-0.39, 0.29) is 0 Å². The molecule has 0 amide bonds. The summed E-state index contributed by atoms with van der Waals surface area (Å²) >= 11 is 5.24. The molecule has 0 bridgehead atoms. The van der Waals surface area contributed by atoms with Crippen LogP contribution in [0.25, 0.3) is 0 Å². The van der Waals surface area contributed by atoms with Gasteiger partial charge in [0.05, 0.1) is 15.9 Å². The molecule has 0 unspecified atom stereocenters. The quantitative estimate of drug-likeness (QED) is 0.571. The van der Waals surface area contributed by atoms with Gasteiger partial charge in [-0.15, -0.1) is 0 Å². The third kappa shape index (κ3) is 7.94. The van der Waals surface area contributed by atoms with Gasteiger partial charge in [0.25, 0.3) is 0 Å². The van der Waals surface area contributed by atoms with Crippen molar-refractivity contribution in [3.05, 3.63) is 11.1 Å². The fourth-order valence-electron chi connectivity index (χ4n) is 0.217. The maximum atomic E-state index is 9.88. The number of halogens is 1. The lowest BCUT2D eigenvalue weighted by molar-refractivity contribution is 0.466. The average molecular weight is 170 g/mol. The maximum Gasteiger partial charge on any atom is 0.0982 e. The Morgan fingerprint density at radius 1 is 1.78 bits per heavy atom. The van der Waals surface area contributed by atoms with E-state index in [1.165, 1.54) is 6.92 Å². The number of hydrogen-bond acceptors (Lipinski definition) is 3.